The predicted octanol–water partition coefficient (Wildman–Crippen LogP) is 3.40. The van der Waals surface area contributed by atoms with Gasteiger partial charge in [-0.3, -0.25) is 4.79 Å². The lowest BCUT2D eigenvalue weighted by Crippen LogP contribution is -2.58. The van der Waals surface area contributed by atoms with Crippen LogP contribution in [0.25, 0.3) is 0 Å². The zero-order chi connectivity index (χ0) is 36.1. The zero-order valence-corrected chi connectivity index (χ0v) is 30.3. The van der Waals surface area contributed by atoms with Crippen molar-refractivity contribution < 1.29 is 28.3 Å². The molecule has 3 amide bonds. The number of urea groups is 1. The van der Waals surface area contributed by atoms with E-state index in [4.69, 9.17) is 10.9 Å². The molecule has 4 atom stereocenters. The van der Waals surface area contributed by atoms with Gasteiger partial charge in [0.1, 0.15) is 11.0 Å². The molecule has 6 N–H and O–H groups in total. The van der Waals surface area contributed by atoms with Gasteiger partial charge in [-0.15, -0.1) is 11.3 Å². The highest BCUT2D eigenvalue weighted by Crippen LogP contribution is 2.20. The Kier molecular flexibility index (Phi) is 15.1. The Morgan fingerprint density at radius 3 is 2.31 bits per heavy atom. The fraction of sp³-hybridized carbons (Fsp3) is 0.471. The number of nitrogens with one attached hydrogen (secondary N) is 2. The van der Waals surface area contributed by atoms with Crippen LogP contribution in [-0.4, -0.2) is 89.4 Å². The summed E-state index contributed by atoms with van der Waals surface area (Å²) in [6.07, 6.45) is 0.682. The first kappa shape index (κ1) is 39.5. The molecule has 15 heteroatoms. The van der Waals surface area contributed by atoms with Gasteiger partial charge in [0.2, 0.25) is 15.9 Å². The number of aliphatic hydroxyl groups excluding tert-OH is 1. The van der Waals surface area contributed by atoms with Crippen LogP contribution in [0, 0.1) is 11.8 Å². The van der Waals surface area contributed by atoms with Gasteiger partial charge in [0, 0.05) is 32.1 Å². The van der Waals surface area contributed by atoms with Crippen molar-refractivity contribution in [2.24, 2.45) is 22.7 Å². The summed E-state index contributed by atoms with van der Waals surface area (Å²) >= 11 is 1.41. The Bertz CT molecular complexity index is 1620. The minimum atomic E-state index is -4.06. The number of nitrogens with two attached hydrogens (primary N) is 1. The van der Waals surface area contributed by atoms with E-state index >= 15 is 0 Å². The molecule has 0 aliphatic rings. The number of aromatic nitrogens is 1. The van der Waals surface area contributed by atoms with Crippen LogP contribution in [0.2, 0.25) is 0 Å². The second-order valence-electron chi connectivity index (χ2n) is 12.5. The van der Waals surface area contributed by atoms with Crippen LogP contribution in [0.3, 0.4) is 0 Å². The monoisotopic (exact) mass is 715 g/mol. The summed E-state index contributed by atoms with van der Waals surface area (Å²) in [5.74, 6) is -0.820. The largest absolute Gasteiger partial charge is 0.411 e. The van der Waals surface area contributed by atoms with Crippen LogP contribution in [-0.2, 0) is 34.3 Å². The summed E-state index contributed by atoms with van der Waals surface area (Å²) in [6, 6.07) is 12.8. The average Bonchev–Trinajstić information content (AvgIpc) is 3.54. The van der Waals surface area contributed by atoms with Crippen LogP contribution < -0.4 is 16.4 Å². The maximum atomic E-state index is 13.9. The van der Waals surface area contributed by atoms with Gasteiger partial charge in [-0.05, 0) is 41.5 Å². The van der Waals surface area contributed by atoms with Crippen LogP contribution in [0.1, 0.15) is 55.9 Å². The number of sulfonamides is 1. The number of oxime groups is 1. The van der Waals surface area contributed by atoms with Crippen LogP contribution in [0.15, 0.2) is 70.0 Å². The number of thiazole rings is 1. The SMILES string of the molecule is CC[C@H](C)[C@H](NC(=O)N(C)Cc1csc(CN)n1)C(=O)N[C@@H](Cc1ccccc1)[C@@H](O)CN(CC(C)C)S(=O)(=O)c1ccc(C=NO)cc1. The smallest absolute Gasteiger partial charge is 0.318 e. The van der Waals surface area contributed by atoms with E-state index in [1.54, 1.807) is 7.05 Å². The van der Waals surface area contributed by atoms with Crippen molar-refractivity contribution in [2.75, 3.05) is 20.1 Å². The molecule has 0 aliphatic heterocycles. The molecule has 0 unspecified atom stereocenters. The van der Waals surface area contributed by atoms with E-state index in [0.717, 1.165) is 10.6 Å². The van der Waals surface area contributed by atoms with Gasteiger partial charge in [-0.2, -0.15) is 4.31 Å². The second-order valence-corrected chi connectivity index (χ2v) is 15.4. The van der Waals surface area contributed by atoms with Crippen LogP contribution >= 0.6 is 11.3 Å². The standard InChI is InChI=1S/C34H49N7O6S2/c1-6-24(4)32(39-34(44)40(5)20-27-22-48-31(17-35)37-27)33(43)38-29(16-25-10-8-7-9-11-25)30(42)21-41(19-23(2)3)49(46,47)28-14-12-26(13-15-28)18-36-45/h7-15,18,22-24,29-30,32,42,45H,6,16-17,19-21,35H2,1-5H3,(H,38,43)(H,39,44)/t24-,29-,30-,32-/m0/s1. The number of hydrogen-bond donors (Lipinski definition) is 5. The van der Waals surface area contributed by atoms with E-state index in [2.05, 4.69) is 20.8 Å². The number of nitrogens with zero attached hydrogens (tertiary/aromatic N) is 4. The molecule has 0 spiro atoms. The Labute approximate surface area is 293 Å². The van der Waals surface area contributed by atoms with Crippen molar-refractivity contribution in [2.45, 2.75) is 76.7 Å². The molecular formula is C34H49N7O6S2. The predicted molar refractivity (Wildman–Crippen MR) is 191 cm³/mol. The highest BCUT2D eigenvalue weighted by Gasteiger charge is 2.34. The first-order chi connectivity index (χ1) is 23.3. The lowest BCUT2D eigenvalue weighted by Gasteiger charge is -2.33. The Morgan fingerprint density at radius 1 is 1.06 bits per heavy atom. The highest BCUT2D eigenvalue weighted by molar-refractivity contribution is 7.89. The number of rotatable bonds is 18. The summed E-state index contributed by atoms with van der Waals surface area (Å²) < 4.78 is 28.9. The van der Waals surface area contributed by atoms with Gasteiger partial charge >= 0.3 is 6.03 Å². The fourth-order valence-corrected chi connectivity index (χ4v) is 7.44. The van der Waals surface area contributed by atoms with E-state index in [0.29, 0.717) is 24.2 Å². The third-order valence-corrected chi connectivity index (χ3v) is 10.8. The summed E-state index contributed by atoms with van der Waals surface area (Å²) in [5, 5.41) is 31.9. The Balaban J connectivity index is 1.86. The minimum Gasteiger partial charge on any atom is -0.411 e. The number of benzene rings is 2. The van der Waals surface area contributed by atoms with E-state index in [-0.39, 0.29) is 42.8 Å². The van der Waals surface area contributed by atoms with Gasteiger partial charge in [0.15, 0.2) is 0 Å². The molecule has 0 saturated carbocycles. The number of carbonyl (C=O) groups excluding carboxylic acids is 2. The molecule has 13 nitrogen and oxygen atoms in total. The molecule has 0 fully saturated rings. The van der Waals surface area contributed by atoms with Crippen molar-refractivity contribution in [3.05, 3.63) is 81.8 Å². The van der Waals surface area contributed by atoms with E-state index in [9.17, 15) is 23.1 Å². The van der Waals surface area contributed by atoms with E-state index < -0.39 is 40.1 Å². The molecule has 2 aromatic carbocycles. The van der Waals surface area contributed by atoms with E-state index in [1.807, 2.05) is 63.4 Å². The summed E-state index contributed by atoms with van der Waals surface area (Å²) in [7, 11) is -2.45. The van der Waals surface area contributed by atoms with Gasteiger partial charge in [0.25, 0.3) is 0 Å². The highest BCUT2D eigenvalue weighted by atomic mass is 32.2. The number of aliphatic hydroxyl groups is 1. The lowest BCUT2D eigenvalue weighted by molar-refractivity contribution is -0.125. The van der Waals surface area contributed by atoms with Crippen LogP contribution in [0.4, 0.5) is 4.79 Å². The molecule has 0 saturated heterocycles. The van der Waals surface area contributed by atoms with Gasteiger partial charge in [0.05, 0.1) is 35.5 Å². The zero-order valence-electron chi connectivity index (χ0n) is 28.7. The normalized spacial score (nSPS) is 14.5. The molecule has 0 aliphatic carbocycles. The molecule has 1 heterocycles. The molecule has 268 valence electrons. The minimum absolute atomic E-state index is 0.0136. The van der Waals surface area contributed by atoms with Crippen molar-refractivity contribution in [1.82, 2.24) is 24.8 Å². The molecule has 49 heavy (non-hydrogen) atoms. The topological polar surface area (TPSA) is 191 Å². The summed E-state index contributed by atoms with van der Waals surface area (Å²) in [6.45, 7) is 7.89. The molecule has 3 aromatic rings. The number of amides is 3. The van der Waals surface area contributed by atoms with Gasteiger partial charge in [-0.25, -0.2) is 18.2 Å². The molecule has 0 radical (unpaired) electrons. The summed E-state index contributed by atoms with van der Waals surface area (Å²) in [4.78, 5) is 33.1. The van der Waals surface area contributed by atoms with Crippen LogP contribution in [0.5, 0.6) is 0 Å². The quantitative estimate of drug-likeness (QED) is 0.0752. The fourth-order valence-electron chi connectivity index (χ4n) is 5.15. The van der Waals surface area contributed by atoms with Crippen molar-refractivity contribution in [1.29, 1.82) is 0 Å². The molecule has 0 bridgehead atoms. The maximum absolute atomic E-state index is 13.9. The van der Waals surface area contributed by atoms with Gasteiger partial charge < -0.3 is 31.6 Å². The Morgan fingerprint density at radius 2 is 1.73 bits per heavy atom. The average molecular weight is 716 g/mol. The van der Waals surface area contributed by atoms with Crippen molar-refractivity contribution in [3.8, 4) is 0 Å². The molecule has 1 aromatic heterocycles. The first-order valence-electron chi connectivity index (χ1n) is 16.2. The lowest BCUT2D eigenvalue weighted by atomic mass is 9.96. The molecule has 3 rings (SSSR count). The second kappa shape index (κ2) is 18.8. The molecular weight excluding hydrogens is 667 g/mol. The number of hydrogen-bond acceptors (Lipinski definition) is 10. The third kappa shape index (κ3) is 11.6. The summed E-state index contributed by atoms with van der Waals surface area (Å²) in [5.41, 5.74) is 7.70. The number of carbonyl (C=O) groups is 2. The third-order valence-electron chi connectivity index (χ3n) is 8.07. The Hall–Kier alpha value is -3.89. The maximum Gasteiger partial charge on any atom is 0.318 e. The first-order valence-corrected chi connectivity index (χ1v) is 18.6. The van der Waals surface area contributed by atoms with Crippen molar-refractivity contribution >= 4 is 39.5 Å². The van der Waals surface area contributed by atoms with Crippen molar-refractivity contribution in [3.63, 3.8) is 0 Å². The van der Waals surface area contributed by atoms with E-state index in [1.165, 1.54) is 51.0 Å². The van der Waals surface area contributed by atoms with Gasteiger partial charge in [-0.1, -0.05) is 81.7 Å².